The molecule has 0 aliphatic rings. The van der Waals surface area contributed by atoms with Gasteiger partial charge in [-0.15, -0.1) is 0 Å². The summed E-state index contributed by atoms with van der Waals surface area (Å²) in [7, 11) is 0. The molecule has 0 N–H and O–H groups in total. The maximum absolute atomic E-state index is 16.0. The van der Waals surface area contributed by atoms with Crippen molar-refractivity contribution in [2.75, 3.05) is 0 Å². The third-order valence-corrected chi connectivity index (χ3v) is 20.9. The van der Waals surface area contributed by atoms with Crippen LogP contribution in [0.4, 0.5) is 26.3 Å². The van der Waals surface area contributed by atoms with E-state index in [0.717, 1.165) is 12.1 Å². The average molecular weight is 1570 g/mol. The first kappa shape index (κ1) is 72.7. The monoisotopic (exact) mass is 1570 g/mol. The van der Waals surface area contributed by atoms with Gasteiger partial charge in [0.25, 0.3) is 0 Å². The zero-order valence-corrected chi connectivity index (χ0v) is 62.9. The van der Waals surface area contributed by atoms with E-state index in [9.17, 15) is 5.26 Å². The summed E-state index contributed by atoms with van der Waals surface area (Å²) in [5, 5.41) is 13.8. The van der Waals surface area contributed by atoms with Crippen molar-refractivity contribution in [3.63, 3.8) is 0 Å². The van der Waals surface area contributed by atoms with Crippen LogP contribution in [-0.4, -0.2) is 68.9 Å². The number of nitriles is 1. The lowest BCUT2D eigenvalue weighted by atomic mass is 9.94. The van der Waals surface area contributed by atoms with Gasteiger partial charge in [0.05, 0.1) is 56.2 Å². The predicted octanol–water partition coefficient (Wildman–Crippen LogP) is 24.2. The van der Waals surface area contributed by atoms with Gasteiger partial charge in [-0.2, -0.15) is 31.6 Å². The Bertz CT molecular complexity index is 6390. The second kappa shape index (κ2) is 29.9. The van der Waals surface area contributed by atoms with E-state index in [-0.39, 0.29) is 51.9 Å². The maximum atomic E-state index is 16.0. The highest BCUT2D eigenvalue weighted by molar-refractivity contribution is 6.14. The molecular weight excluding hydrogens is 1510 g/mol. The third-order valence-electron chi connectivity index (χ3n) is 20.9. The lowest BCUT2D eigenvalue weighted by Gasteiger charge is -2.22. The van der Waals surface area contributed by atoms with Gasteiger partial charge in [0.1, 0.15) is 0 Å². The van der Waals surface area contributed by atoms with Crippen LogP contribution in [0.15, 0.2) is 346 Å². The molecule has 0 aliphatic carbocycles. The van der Waals surface area contributed by atoms with Gasteiger partial charge in [0, 0.05) is 93.9 Å². The Balaban J connectivity index is 0.891. The quantitative estimate of drug-likeness (QED) is 0.0883. The molecule has 0 bridgehead atoms. The minimum absolute atomic E-state index is 0.0171. The first-order valence-corrected chi connectivity index (χ1v) is 38.2. The molecule has 0 fully saturated rings. The number of halogens is 6. The number of nitrogens with zero attached hydrogens (tertiary/aromatic N) is 15. The molecule has 6 aromatic heterocycles. The van der Waals surface area contributed by atoms with Crippen LogP contribution in [0.1, 0.15) is 16.7 Å². The number of alkyl halides is 6. The lowest BCUT2D eigenvalue weighted by molar-refractivity contribution is -0.143. The normalized spacial score (nSPS) is 11.7. The fourth-order valence-electron chi connectivity index (χ4n) is 15.3. The van der Waals surface area contributed by atoms with Gasteiger partial charge in [-0.05, 0) is 109 Å². The summed E-state index contributed by atoms with van der Waals surface area (Å²) in [4.78, 5) is 61.0. The smallest absolute Gasteiger partial charge is 0.308 e. The van der Waals surface area contributed by atoms with E-state index < -0.39 is 29.0 Å². The summed E-state index contributed by atoms with van der Waals surface area (Å²) in [5.74, 6) is 4.16. The molecule has 14 aromatic carbocycles. The van der Waals surface area contributed by atoms with Crippen LogP contribution in [0.3, 0.4) is 0 Å². The van der Waals surface area contributed by atoms with Crippen molar-refractivity contribution < 1.29 is 26.3 Å². The van der Waals surface area contributed by atoms with Crippen molar-refractivity contribution in [2.24, 2.45) is 0 Å². The zero-order valence-electron chi connectivity index (χ0n) is 62.9. The fraction of sp³-hybridized carbons (Fsp3) is 0.0202. The van der Waals surface area contributed by atoms with Gasteiger partial charge in [-0.1, -0.05) is 243 Å². The first-order chi connectivity index (χ1) is 58.6. The zero-order chi connectivity index (χ0) is 81.2. The van der Waals surface area contributed by atoms with E-state index in [1.54, 1.807) is 33.4 Å². The lowest BCUT2D eigenvalue weighted by Crippen LogP contribution is -2.12. The summed E-state index contributed by atoms with van der Waals surface area (Å²) in [5.41, 5.74) is 5.65. The van der Waals surface area contributed by atoms with Crippen LogP contribution in [0, 0.1) is 11.3 Å². The first-order valence-electron chi connectivity index (χ1n) is 38.2. The summed E-state index contributed by atoms with van der Waals surface area (Å²) in [6.07, 6.45) is -10.6. The average Bonchev–Trinajstić information content (AvgIpc) is 1.54. The van der Waals surface area contributed by atoms with E-state index in [2.05, 4.69) is 6.07 Å². The van der Waals surface area contributed by atoms with Gasteiger partial charge < -0.3 is 9.13 Å². The molecule has 20 rings (SSSR count). The van der Waals surface area contributed by atoms with Crippen molar-refractivity contribution in [3.05, 3.63) is 362 Å². The largest absolute Gasteiger partial charge is 0.416 e. The molecule has 20 aromatic rings. The van der Waals surface area contributed by atoms with E-state index in [1.807, 2.05) is 291 Å². The predicted molar refractivity (Wildman–Crippen MR) is 454 cm³/mol. The van der Waals surface area contributed by atoms with Crippen molar-refractivity contribution >= 4 is 43.6 Å². The fourth-order valence-corrected chi connectivity index (χ4v) is 15.3. The van der Waals surface area contributed by atoms with E-state index in [4.69, 9.17) is 59.8 Å². The Kier molecular flexibility index (Phi) is 18.1. The standard InChI is InChI=1S/C99H57F6N15/c100-98(101,102)73-51-72(52-74(57-73)99(103,104)105)85-83(119-79-45-41-68(94-111-86(60-25-9-1-10-26-60)107-87(112-94)61-27-11-2-12-28-61)53-75(79)76-54-69(42-46-80(76)119)95-113-88(62-29-13-3-14-30-62)108-89(114-95)63-31-15-4-16-32-63)49-59(58-106)50-84(85)120-81-47-43-70(96-115-90(64-33-17-5-18-34-64)109-91(116-96)65-35-19-6-20-36-65)55-77(81)78-56-71(44-48-82(78)120)97-117-92(66-37-21-7-22-38-66)110-93(118-97)67-39-23-8-24-40-67/h1-57H. The van der Waals surface area contributed by atoms with Gasteiger partial charge in [-0.3, -0.25) is 0 Å². The second-order valence-electron chi connectivity index (χ2n) is 28.5. The van der Waals surface area contributed by atoms with Gasteiger partial charge in [0.2, 0.25) is 0 Å². The molecule has 6 heterocycles. The number of aromatic nitrogens is 14. The molecule has 120 heavy (non-hydrogen) atoms. The van der Waals surface area contributed by atoms with E-state index in [0.29, 0.717) is 157 Å². The highest BCUT2D eigenvalue weighted by atomic mass is 19.4. The highest BCUT2D eigenvalue weighted by Gasteiger charge is 2.39. The van der Waals surface area contributed by atoms with Crippen molar-refractivity contribution in [3.8, 4) is 165 Å². The molecule has 0 amide bonds. The van der Waals surface area contributed by atoms with Crippen LogP contribution >= 0.6 is 0 Å². The summed E-state index contributed by atoms with van der Waals surface area (Å²) >= 11 is 0. The second-order valence-corrected chi connectivity index (χ2v) is 28.5. The van der Waals surface area contributed by atoms with Gasteiger partial charge in [-0.25, -0.2) is 59.8 Å². The summed E-state index contributed by atoms with van der Waals surface area (Å²) in [6.45, 7) is 0. The Hall–Kier alpha value is -16.2. The molecule has 15 nitrogen and oxygen atoms in total. The Morgan fingerprint density at radius 3 is 0.583 bits per heavy atom. The van der Waals surface area contributed by atoms with Gasteiger partial charge in [0.15, 0.2) is 69.9 Å². The van der Waals surface area contributed by atoms with Crippen molar-refractivity contribution in [1.29, 1.82) is 5.26 Å². The minimum Gasteiger partial charge on any atom is -0.308 e. The number of rotatable bonds is 15. The molecule has 570 valence electrons. The summed E-state index contributed by atoms with van der Waals surface area (Å²) < 4.78 is 99.3. The summed E-state index contributed by atoms with van der Waals surface area (Å²) in [6, 6.07) is 105. The molecule has 21 heteroatoms. The third kappa shape index (κ3) is 13.8. The number of hydrogen-bond donors (Lipinski definition) is 0. The maximum Gasteiger partial charge on any atom is 0.416 e. The van der Waals surface area contributed by atoms with Crippen LogP contribution in [0.2, 0.25) is 0 Å². The Labute approximate surface area is 680 Å². The Morgan fingerprint density at radius 2 is 0.400 bits per heavy atom. The van der Waals surface area contributed by atoms with Crippen molar-refractivity contribution in [2.45, 2.75) is 12.4 Å². The van der Waals surface area contributed by atoms with Gasteiger partial charge >= 0.3 is 12.4 Å². The number of hydrogen-bond acceptors (Lipinski definition) is 13. The van der Waals surface area contributed by atoms with Crippen LogP contribution in [-0.2, 0) is 12.4 Å². The number of benzene rings is 14. The molecule has 0 unspecified atom stereocenters. The molecule has 0 spiro atoms. The van der Waals surface area contributed by atoms with Crippen LogP contribution in [0.25, 0.3) is 203 Å². The molecule has 0 radical (unpaired) electrons. The van der Waals surface area contributed by atoms with Crippen LogP contribution < -0.4 is 0 Å². The molecule has 0 saturated heterocycles. The Morgan fingerprint density at radius 1 is 0.208 bits per heavy atom. The van der Waals surface area contributed by atoms with E-state index >= 15 is 26.3 Å². The minimum atomic E-state index is -5.32. The number of fused-ring (bicyclic) bond motifs is 6. The van der Waals surface area contributed by atoms with Crippen LogP contribution in [0.5, 0.6) is 0 Å². The molecule has 0 saturated carbocycles. The molecule has 0 aliphatic heterocycles. The topological polar surface area (TPSA) is 188 Å². The van der Waals surface area contributed by atoms with Crippen molar-refractivity contribution in [1.82, 2.24) is 68.9 Å². The molecular formula is C99H57F6N15. The highest BCUT2D eigenvalue weighted by Crippen LogP contribution is 2.49. The van der Waals surface area contributed by atoms with E-state index in [1.165, 1.54) is 12.1 Å². The SMILES string of the molecule is N#Cc1cc(-n2c3ccc(-c4nc(-c5ccccc5)nc(-c5ccccc5)n4)cc3c3cc(-c4nc(-c5ccccc5)nc(-c5ccccc5)n4)ccc32)c(-c2cc(C(F)(F)F)cc(C(F)(F)F)c2)c(-n2c3ccc(-c4nc(-c5ccccc5)nc(-c5ccccc5)n4)cc3c3cc(-c4nc(-c5ccccc5)nc(-c5ccccc5)n4)ccc32)c1. The molecule has 0 atom stereocenters.